The molecule has 2 aliphatic rings. The summed E-state index contributed by atoms with van der Waals surface area (Å²) < 4.78 is 33.9. The molecule has 1 aromatic rings. The molecule has 0 spiro atoms. The topological polar surface area (TPSA) is 79.0 Å². The van der Waals surface area contributed by atoms with Gasteiger partial charge in [-0.2, -0.15) is 4.31 Å². The van der Waals surface area contributed by atoms with Crippen LogP contribution in [0, 0.1) is 5.92 Å². The second-order valence-electron chi connectivity index (χ2n) is 7.55. The first-order chi connectivity index (χ1) is 13.8. The van der Waals surface area contributed by atoms with Crippen LogP contribution < -0.4 is 5.32 Å². The molecular formula is C19H27Cl2N3O4S. The molecular weight excluding hydrogens is 437 g/mol. The van der Waals surface area contributed by atoms with Crippen molar-refractivity contribution in [1.82, 2.24) is 14.5 Å². The van der Waals surface area contributed by atoms with E-state index in [1.165, 1.54) is 22.5 Å². The van der Waals surface area contributed by atoms with E-state index in [1.54, 1.807) is 12.0 Å². The monoisotopic (exact) mass is 463 g/mol. The summed E-state index contributed by atoms with van der Waals surface area (Å²) in [5.74, 6) is -0.197. The van der Waals surface area contributed by atoms with Gasteiger partial charge in [0, 0.05) is 48.7 Å². The van der Waals surface area contributed by atoms with Crippen LogP contribution in [0.3, 0.4) is 0 Å². The molecule has 29 heavy (non-hydrogen) atoms. The highest BCUT2D eigenvalue weighted by Gasteiger charge is 2.49. The molecule has 2 saturated heterocycles. The Kier molecular flexibility index (Phi) is 7.46. The van der Waals surface area contributed by atoms with Crippen LogP contribution >= 0.6 is 23.2 Å². The number of nitrogens with one attached hydrogen (secondary N) is 1. The predicted molar refractivity (Wildman–Crippen MR) is 113 cm³/mol. The van der Waals surface area contributed by atoms with Gasteiger partial charge in [-0.15, -0.1) is 0 Å². The third-order valence-electron chi connectivity index (χ3n) is 5.65. The zero-order chi connectivity index (χ0) is 21.2. The number of halogens is 2. The van der Waals surface area contributed by atoms with Crippen molar-refractivity contribution in [2.24, 2.45) is 5.92 Å². The van der Waals surface area contributed by atoms with Crippen molar-refractivity contribution >= 4 is 39.1 Å². The Balaban J connectivity index is 2.07. The van der Waals surface area contributed by atoms with Crippen molar-refractivity contribution in [1.29, 1.82) is 0 Å². The van der Waals surface area contributed by atoms with Crippen molar-refractivity contribution in [3.05, 3.63) is 28.2 Å². The molecule has 1 N–H and O–H groups in total. The second-order valence-corrected chi connectivity index (χ2v) is 10.3. The first-order valence-electron chi connectivity index (χ1n) is 9.71. The summed E-state index contributed by atoms with van der Waals surface area (Å²) in [5, 5.41) is 3.65. The zero-order valence-corrected chi connectivity index (χ0v) is 18.9. The number of piperidine rings is 1. The zero-order valence-electron chi connectivity index (χ0n) is 16.6. The highest BCUT2D eigenvalue weighted by Crippen LogP contribution is 2.37. The molecule has 0 aliphatic carbocycles. The molecule has 2 bridgehead atoms. The van der Waals surface area contributed by atoms with Gasteiger partial charge in [0.1, 0.15) is 6.04 Å². The number of hydrogen-bond donors (Lipinski definition) is 1. The largest absolute Gasteiger partial charge is 0.383 e. The van der Waals surface area contributed by atoms with Crippen LogP contribution in [0.2, 0.25) is 10.0 Å². The summed E-state index contributed by atoms with van der Waals surface area (Å²) >= 11 is 12.1. The summed E-state index contributed by atoms with van der Waals surface area (Å²) in [4.78, 5) is 15.1. The maximum atomic E-state index is 13.7. The molecule has 7 nitrogen and oxygen atoms in total. The first kappa shape index (κ1) is 22.8. The van der Waals surface area contributed by atoms with Gasteiger partial charge < -0.3 is 15.0 Å². The fourth-order valence-corrected chi connectivity index (χ4v) is 7.01. The highest BCUT2D eigenvalue weighted by atomic mass is 35.5. The summed E-state index contributed by atoms with van der Waals surface area (Å²) in [6.07, 6.45) is 2.02. The SMILES string of the molecule is CNC[C@@H]1CN(CCOC)C(=O)[C@@H]2CCC[C@H]1N2S(=O)(=O)c1cc(Cl)cc(Cl)c1. The lowest BCUT2D eigenvalue weighted by Crippen LogP contribution is -2.55. The van der Waals surface area contributed by atoms with E-state index in [0.29, 0.717) is 39.1 Å². The molecule has 2 aliphatic heterocycles. The predicted octanol–water partition coefficient (Wildman–Crippen LogP) is 2.23. The number of amides is 1. The maximum Gasteiger partial charge on any atom is 0.244 e. The Bertz CT molecular complexity index is 832. The third kappa shape index (κ3) is 4.73. The first-order valence-corrected chi connectivity index (χ1v) is 11.9. The quantitative estimate of drug-likeness (QED) is 0.670. The number of carbonyl (C=O) groups excluding carboxylic acids is 1. The van der Waals surface area contributed by atoms with E-state index in [4.69, 9.17) is 27.9 Å². The van der Waals surface area contributed by atoms with Crippen LogP contribution in [0.25, 0.3) is 0 Å². The second kappa shape index (κ2) is 9.49. The third-order valence-corrected chi connectivity index (χ3v) is 8.00. The highest BCUT2D eigenvalue weighted by molar-refractivity contribution is 7.89. The van der Waals surface area contributed by atoms with Gasteiger partial charge >= 0.3 is 0 Å². The standard InChI is InChI=1S/C19H27Cl2N3O4S/c1-22-11-13-12-23(6-7-28-2)19(25)18-5-3-4-17(13)24(18)29(26,27)16-9-14(20)8-15(21)10-16/h8-10,13,17-18,22H,3-7,11-12H2,1-2H3/t13-,17-,18+/m1/s1. The van der Waals surface area contributed by atoms with E-state index in [-0.39, 0.29) is 32.8 Å². The van der Waals surface area contributed by atoms with Crippen LogP contribution in [0.1, 0.15) is 19.3 Å². The van der Waals surface area contributed by atoms with Crippen LogP contribution in [-0.4, -0.2) is 76.0 Å². The average Bonchev–Trinajstić information content (AvgIpc) is 2.74. The van der Waals surface area contributed by atoms with Crippen molar-refractivity contribution < 1.29 is 17.9 Å². The van der Waals surface area contributed by atoms with E-state index < -0.39 is 16.1 Å². The molecule has 10 heteroatoms. The number of carbonyl (C=O) groups is 1. The minimum Gasteiger partial charge on any atom is -0.383 e. The van der Waals surface area contributed by atoms with E-state index in [9.17, 15) is 13.2 Å². The Morgan fingerprint density at radius 3 is 2.52 bits per heavy atom. The minimum atomic E-state index is -3.96. The van der Waals surface area contributed by atoms with Crippen LogP contribution in [0.15, 0.2) is 23.1 Å². The molecule has 2 fully saturated rings. The summed E-state index contributed by atoms with van der Waals surface area (Å²) in [6.45, 7) is 1.95. The van der Waals surface area contributed by atoms with Gasteiger partial charge in [0.2, 0.25) is 15.9 Å². The Hall–Kier alpha value is -0.900. The Morgan fingerprint density at radius 1 is 1.21 bits per heavy atom. The Labute approximate surface area is 182 Å². The summed E-state index contributed by atoms with van der Waals surface area (Å²) in [6, 6.07) is 3.27. The molecule has 1 aromatic carbocycles. The molecule has 3 rings (SSSR count). The number of hydrogen-bond acceptors (Lipinski definition) is 5. The van der Waals surface area contributed by atoms with E-state index in [0.717, 1.165) is 6.42 Å². The van der Waals surface area contributed by atoms with Crippen LogP contribution in [-0.2, 0) is 19.6 Å². The Morgan fingerprint density at radius 2 is 1.90 bits per heavy atom. The van der Waals surface area contributed by atoms with Gasteiger partial charge in [-0.1, -0.05) is 23.2 Å². The molecule has 162 valence electrons. The van der Waals surface area contributed by atoms with Gasteiger partial charge in [0.05, 0.1) is 11.5 Å². The number of ether oxygens (including phenoxy) is 1. The molecule has 0 aromatic heterocycles. The number of fused-ring (bicyclic) bond motifs is 2. The van der Waals surface area contributed by atoms with E-state index in [2.05, 4.69) is 5.32 Å². The van der Waals surface area contributed by atoms with Crippen molar-refractivity contribution in [3.8, 4) is 0 Å². The maximum absolute atomic E-state index is 13.7. The molecule has 3 atom stereocenters. The smallest absolute Gasteiger partial charge is 0.244 e. The molecule has 1 amide bonds. The molecule has 2 heterocycles. The van der Waals surface area contributed by atoms with Crippen molar-refractivity contribution in [2.45, 2.75) is 36.2 Å². The van der Waals surface area contributed by atoms with Gasteiger partial charge in [-0.05, 0) is 44.5 Å². The fourth-order valence-electron chi connectivity index (χ4n) is 4.40. The van der Waals surface area contributed by atoms with Gasteiger partial charge in [0.25, 0.3) is 0 Å². The number of rotatable bonds is 7. The number of benzene rings is 1. The fraction of sp³-hybridized carbons (Fsp3) is 0.632. The minimum absolute atomic E-state index is 0.0215. The van der Waals surface area contributed by atoms with Gasteiger partial charge in [-0.25, -0.2) is 8.42 Å². The lowest BCUT2D eigenvalue weighted by atomic mass is 9.90. The van der Waals surface area contributed by atoms with Crippen LogP contribution in [0.5, 0.6) is 0 Å². The molecule has 0 saturated carbocycles. The molecule has 0 radical (unpaired) electrons. The van der Waals surface area contributed by atoms with Crippen molar-refractivity contribution in [2.75, 3.05) is 40.4 Å². The summed E-state index contributed by atoms with van der Waals surface area (Å²) in [7, 11) is -0.536. The van der Waals surface area contributed by atoms with Crippen molar-refractivity contribution in [3.63, 3.8) is 0 Å². The number of nitrogens with zero attached hydrogens (tertiary/aromatic N) is 2. The summed E-state index contributed by atoms with van der Waals surface area (Å²) in [5.41, 5.74) is 0. The number of methoxy groups -OCH3 is 1. The van der Waals surface area contributed by atoms with E-state index in [1.807, 2.05) is 7.05 Å². The van der Waals surface area contributed by atoms with Crippen LogP contribution in [0.4, 0.5) is 0 Å². The van der Waals surface area contributed by atoms with E-state index >= 15 is 0 Å². The average molecular weight is 464 g/mol. The lowest BCUT2D eigenvalue weighted by molar-refractivity contribution is -0.135. The van der Waals surface area contributed by atoms with Gasteiger partial charge in [0.15, 0.2) is 0 Å². The normalized spacial score (nSPS) is 25.9. The van der Waals surface area contributed by atoms with Gasteiger partial charge in [-0.3, -0.25) is 4.79 Å². The molecule has 0 unspecified atom stereocenters. The number of sulfonamides is 1. The lowest BCUT2D eigenvalue weighted by Gasteiger charge is -2.40.